The first-order valence-electron chi connectivity index (χ1n) is 6.50. The van der Waals surface area contributed by atoms with Crippen LogP contribution in [0.5, 0.6) is 0 Å². The van der Waals surface area contributed by atoms with Crippen molar-refractivity contribution in [1.82, 2.24) is 9.55 Å². The van der Waals surface area contributed by atoms with Crippen LogP contribution in [0.1, 0.15) is 5.56 Å². The highest BCUT2D eigenvalue weighted by atomic mass is 19.1. The van der Waals surface area contributed by atoms with Gasteiger partial charge in [-0.05, 0) is 36.8 Å². The molecule has 0 saturated carbocycles. The molecule has 0 aliphatic heterocycles. The molecule has 0 fully saturated rings. The van der Waals surface area contributed by atoms with Gasteiger partial charge in [-0.1, -0.05) is 18.2 Å². The molecule has 1 N–H and O–H groups in total. The number of hydrogen-bond donors (Lipinski definition) is 1. The first-order valence-corrected chi connectivity index (χ1v) is 6.50. The SMILES string of the molecule is Cc1ccc(-c2nc3ccccc3n2CC(=O)O)c(F)c1. The van der Waals surface area contributed by atoms with E-state index in [4.69, 9.17) is 5.11 Å². The van der Waals surface area contributed by atoms with E-state index >= 15 is 0 Å². The number of carbonyl (C=O) groups is 1. The number of aromatic nitrogens is 2. The lowest BCUT2D eigenvalue weighted by Crippen LogP contribution is -2.10. The van der Waals surface area contributed by atoms with Gasteiger partial charge in [0.25, 0.3) is 0 Å². The molecule has 5 heteroatoms. The van der Waals surface area contributed by atoms with Crippen molar-refractivity contribution in [3.8, 4) is 11.4 Å². The Balaban J connectivity index is 2.28. The zero-order chi connectivity index (χ0) is 15.0. The molecule has 0 unspecified atom stereocenters. The lowest BCUT2D eigenvalue weighted by atomic mass is 10.1. The van der Waals surface area contributed by atoms with Crippen molar-refractivity contribution in [3.05, 3.63) is 53.8 Å². The molecular formula is C16H13FN2O2. The molecule has 1 aromatic heterocycles. The zero-order valence-electron chi connectivity index (χ0n) is 11.4. The Hall–Kier alpha value is -2.69. The Morgan fingerprint density at radius 2 is 2.05 bits per heavy atom. The second-order valence-corrected chi connectivity index (χ2v) is 4.89. The highest BCUT2D eigenvalue weighted by Gasteiger charge is 2.17. The highest BCUT2D eigenvalue weighted by Crippen LogP contribution is 2.27. The van der Waals surface area contributed by atoms with Gasteiger partial charge >= 0.3 is 5.97 Å². The van der Waals surface area contributed by atoms with E-state index in [1.54, 1.807) is 37.3 Å². The monoisotopic (exact) mass is 284 g/mol. The lowest BCUT2D eigenvalue weighted by Gasteiger charge is -2.08. The predicted molar refractivity (Wildman–Crippen MR) is 77.5 cm³/mol. The summed E-state index contributed by atoms with van der Waals surface area (Å²) < 4.78 is 15.7. The van der Waals surface area contributed by atoms with Gasteiger partial charge in [0.1, 0.15) is 18.2 Å². The minimum atomic E-state index is -0.994. The Morgan fingerprint density at radius 1 is 1.29 bits per heavy atom. The number of rotatable bonds is 3. The summed E-state index contributed by atoms with van der Waals surface area (Å²) in [5, 5.41) is 9.09. The number of nitrogens with zero attached hydrogens (tertiary/aromatic N) is 2. The molecule has 21 heavy (non-hydrogen) atoms. The number of aliphatic carboxylic acids is 1. The van der Waals surface area contributed by atoms with Crippen LogP contribution in [0.25, 0.3) is 22.4 Å². The molecule has 0 aliphatic rings. The number of benzene rings is 2. The summed E-state index contributed by atoms with van der Waals surface area (Å²) in [5.41, 5.74) is 2.43. The van der Waals surface area contributed by atoms with E-state index in [1.165, 1.54) is 10.6 Å². The Labute approximate surface area is 120 Å². The number of para-hydroxylation sites is 2. The van der Waals surface area contributed by atoms with Crippen LogP contribution in [0, 0.1) is 12.7 Å². The molecule has 0 bridgehead atoms. The van der Waals surface area contributed by atoms with Crippen molar-refractivity contribution in [2.75, 3.05) is 0 Å². The van der Waals surface area contributed by atoms with E-state index < -0.39 is 11.8 Å². The highest BCUT2D eigenvalue weighted by molar-refractivity contribution is 5.82. The Bertz CT molecular complexity index is 839. The largest absolute Gasteiger partial charge is 0.480 e. The van der Waals surface area contributed by atoms with Crippen LogP contribution >= 0.6 is 0 Å². The molecule has 3 aromatic rings. The molecule has 4 nitrogen and oxygen atoms in total. The molecule has 3 rings (SSSR count). The van der Waals surface area contributed by atoms with Gasteiger partial charge in [0.15, 0.2) is 0 Å². The maximum atomic E-state index is 14.2. The summed E-state index contributed by atoms with van der Waals surface area (Å²) in [4.78, 5) is 15.5. The Kier molecular flexibility index (Phi) is 3.17. The fraction of sp³-hybridized carbons (Fsp3) is 0.125. The first-order chi connectivity index (χ1) is 10.1. The van der Waals surface area contributed by atoms with Gasteiger partial charge in [-0.3, -0.25) is 4.79 Å². The maximum absolute atomic E-state index is 14.2. The summed E-state index contributed by atoms with van der Waals surface area (Å²) in [6, 6.07) is 12.0. The number of carboxylic acids is 1. The van der Waals surface area contributed by atoms with E-state index in [9.17, 15) is 9.18 Å². The molecular weight excluding hydrogens is 271 g/mol. The number of aryl methyl sites for hydroxylation is 1. The quantitative estimate of drug-likeness (QED) is 0.803. The number of carboxylic acid groups (broad SMARTS) is 1. The van der Waals surface area contributed by atoms with Crippen molar-refractivity contribution in [2.45, 2.75) is 13.5 Å². The standard InChI is InChI=1S/C16H13FN2O2/c1-10-6-7-11(12(17)8-10)16-18-13-4-2-3-5-14(13)19(16)9-15(20)21/h2-8H,9H2,1H3,(H,20,21). The van der Waals surface area contributed by atoms with E-state index in [0.29, 0.717) is 22.4 Å². The second-order valence-electron chi connectivity index (χ2n) is 4.89. The molecule has 1 heterocycles. The molecule has 0 atom stereocenters. The van der Waals surface area contributed by atoms with Gasteiger partial charge in [0.2, 0.25) is 0 Å². The smallest absolute Gasteiger partial charge is 0.323 e. The molecule has 106 valence electrons. The fourth-order valence-electron chi connectivity index (χ4n) is 2.38. The second kappa shape index (κ2) is 5.01. The molecule has 0 aliphatic carbocycles. The summed E-state index contributed by atoms with van der Waals surface area (Å²) in [6.07, 6.45) is 0. The van der Waals surface area contributed by atoms with Crippen molar-refractivity contribution < 1.29 is 14.3 Å². The topological polar surface area (TPSA) is 55.1 Å². The average molecular weight is 284 g/mol. The minimum Gasteiger partial charge on any atom is -0.480 e. The average Bonchev–Trinajstić information content (AvgIpc) is 2.77. The van der Waals surface area contributed by atoms with Gasteiger partial charge in [-0.15, -0.1) is 0 Å². The summed E-state index contributed by atoms with van der Waals surface area (Å²) in [7, 11) is 0. The summed E-state index contributed by atoms with van der Waals surface area (Å²) in [5.74, 6) is -1.07. The molecule has 0 spiro atoms. The molecule has 0 amide bonds. The summed E-state index contributed by atoms with van der Waals surface area (Å²) in [6.45, 7) is 1.54. The van der Waals surface area contributed by atoms with E-state index in [0.717, 1.165) is 5.56 Å². The van der Waals surface area contributed by atoms with Crippen LogP contribution in [0.4, 0.5) is 4.39 Å². The minimum absolute atomic E-state index is 0.261. The third kappa shape index (κ3) is 2.38. The Morgan fingerprint density at radius 3 is 2.76 bits per heavy atom. The molecule has 0 radical (unpaired) electrons. The maximum Gasteiger partial charge on any atom is 0.323 e. The van der Waals surface area contributed by atoms with Crippen molar-refractivity contribution in [3.63, 3.8) is 0 Å². The lowest BCUT2D eigenvalue weighted by molar-refractivity contribution is -0.137. The van der Waals surface area contributed by atoms with Gasteiger partial charge in [0, 0.05) is 0 Å². The van der Waals surface area contributed by atoms with E-state index in [2.05, 4.69) is 4.98 Å². The van der Waals surface area contributed by atoms with Gasteiger partial charge in [-0.2, -0.15) is 0 Å². The number of halogens is 1. The predicted octanol–water partition coefficient (Wildman–Crippen LogP) is 3.24. The van der Waals surface area contributed by atoms with Crippen molar-refractivity contribution >= 4 is 17.0 Å². The van der Waals surface area contributed by atoms with Gasteiger partial charge < -0.3 is 9.67 Å². The van der Waals surface area contributed by atoms with Crippen molar-refractivity contribution in [2.24, 2.45) is 0 Å². The van der Waals surface area contributed by atoms with Crippen LogP contribution in [0.15, 0.2) is 42.5 Å². The number of hydrogen-bond acceptors (Lipinski definition) is 2. The van der Waals surface area contributed by atoms with Crippen LogP contribution < -0.4 is 0 Å². The van der Waals surface area contributed by atoms with Crippen LogP contribution in [-0.4, -0.2) is 20.6 Å². The van der Waals surface area contributed by atoms with E-state index in [-0.39, 0.29) is 6.54 Å². The molecule has 0 saturated heterocycles. The van der Waals surface area contributed by atoms with E-state index in [1.807, 2.05) is 6.07 Å². The van der Waals surface area contributed by atoms with Gasteiger partial charge in [0.05, 0.1) is 16.6 Å². The zero-order valence-corrected chi connectivity index (χ0v) is 11.4. The van der Waals surface area contributed by atoms with Gasteiger partial charge in [-0.25, -0.2) is 9.37 Å². The first kappa shape index (κ1) is 13.3. The molecule has 2 aromatic carbocycles. The summed E-state index contributed by atoms with van der Waals surface area (Å²) >= 11 is 0. The number of fused-ring (bicyclic) bond motifs is 1. The van der Waals surface area contributed by atoms with Crippen LogP contribution in [0.3, 0.4) is 0 Å². The van der Waals surface area contributed by atoms with Crippen LogP contribution in [-0.2, 0) is 11.3 Å². The third-order valence-electron chi connectivity index (χ3n) is 3.31. The third-order valence-corrected chi connectivity index (χ3v) is 3.31. The number of imidazole rings is 1. The fourth-order valence-corrected chi connectivity index (χ4v) is 2.38. The van der Waals surface area contributed by atoms with Crippen LogP contribution in [0.2, 0.25) is 0 Å². The van der Waals surface area contributed by atoms with Crippen molar-refractivity contribution in [1.29, 1.82) is 0 Å². The normalized spacial score (nSPS) is 11.0.